The summed E-state index contributed by atoms with van der Waals surface area (Å²) in [5.41, 5.74) is 1.37. The smallest absolute Gasteiger partial charge is 0.422 e. The fraction of sp³-hybridized carbons (Fsp3) is 0.300. The van der Waals surface area contributed by atoms with E-state index in [2.05, 4.69) is 26.6 Å². The van der Waals surface area contributed by atoms with Gasteiger partial charge < -0.3 is 15.4 Å². The molecule has 1 atom stereocenters. The molecule has 2 N–H and O–H groups in total. The molecular formula is C20H20BrF3N2O3. The van der Waals surface area contributed by atoms with Crippen molar-refractivity contribution in [2.24, 2.45) is 0 Å². The number of hydrogen-bond acceptors (Lipinski definition) is 3. The molecule has 1 unspecified atom stereocenters. The van der Waals surface area contributed by atoms with Gasteiger partial charge in [0.2, 0.25) is 11.8 Å². The number of carbonyl (C=O) groups excluding carboxylic acids is 2. The molecule has 0 saturated carbocycles. The van der Waals surface area contributed by atoms with Crippen LogP contribution >= 0.6 is 15.9 Å². The van der Waals surface area contributed by atoms with Gasteiger partial charge in [-0.15, -0.1) is 0 Å². The van der Waals surface area contributed by atoms with E-state index < -0.39 is 18.8 Å². The third-order valence-corrected chi connectivity index (χ3v) is 4.36. The number of halogens is 4. The minimum absolute atomic E-state index is 0.0193. The fourth-order valence-electron chi connectivity index (χ4n) is 2.56. The topological polar surface area (TPSA) is 67.4 Å². The van der Waals surface area contributed by atoms with Crippen LogP contribution in [0.1, 0.15) is 30.5 Å². The van der Waals surface area contributed by atoms with Gasteiger partial charge in [0.05, 0.1) is 12.5 Å². The van der Waals surface area contributed by atoms with Gasteiger partial charge in [-0.2, -0.15) is 13.2 Å². The first-order chi connectivity index (χ1) is 13.6. The molecule has 0 spiro atoms. The summed E-state index contributed by atoms with van der Waals surface area (Å²) in [6.07, 6.45) is -4.40. The summed E-state index contributed by atoms with van der Waals surface area (Å²) in [7, 11) is 0. The van der Waals surface area contributed by atoms with Crippen LogP contribution < -0.4 is 15.4 Å². The summed E-state index contributed by atoms with van der Waals surface area (Å²) in [6, 6.07) is 12.8. The van der Waals surface area contributed by atoms with E-state index >= 15 is 0 Å². The lowest BCUT2D eigenvalue weighted by molar-refractivity contribution is -0.153. The van der Waals surface area contributed by atoms with Gasteiger partial charge in [-0.3, -0.25) is 9.59 Å². The van der Waals surface area contributed by atoms with Crippen LogP contribution in [0.2, 0.25) is 0 Å². The lowest BCUT2D eigenvalue weighted by Crippen LogP contribution is -2.32. The molecule has 2 aromatic carbocycles. The number of amides is 2. The quantitative estimate of drug-likeness (QED) is 0.602. The predicted molar refractivity (Wildman–Crippen MR) is 105 cm³/mol. The molecule has 0 bridgehead atoms. The van der Waals surface area contributed by atoms with Gasteiger partial charge in [-0.25, -0.2) is 0 Å². The molecule has 156 valence electrons. The van der Waals surface area contributed by atoms with Crippen LogP contribution in [0.25, 0.3) is 0 Å². The lowest BCUT2D eigenvalue weighted by Gasteiger charge is -2.18. The monoisotopic (exact) mass is 472 g/mol. The van der Waals surface area contributed by atoms with E-state index in [1.54, 1.807) is 24.3 Å². The van der Waals surface area contributed by atoms with Crippen LogP contribution in [0.4, 0.5) is 13.2 Å². The van der Waals surface area contributed by atoms with Crippen LogP contribution in [0.5, 0.6) is 5.75 Å². The Balaban J connectivity index is 1.94. The second-order valence-electron chi connectivity index (χ2n) is 6.34. The van der Waals surface area contributed by atoms with Crippen molar-refractivity contribution in [1.29, 1.82) is 0 Å². The van der Waals surface area contributed by atoms with E-state index in [0.29, 0.717) is 5.56 Å². The Labute approximate surface area is 174 Å². The van der Waals surface area contributed by atoms with Gasteiger partial charge in [0.1, 0.15) is 5.75 Å². The first kappa shape index (κ1) is 22.7. The van der Waals surface area contributed by atoms with Crippen LogP contribution in [-0.4, -0.2) is 24.6 Å². The van der Waals surface area contributed by atoms with Crippen LogP contribution in [-0.2, 0) is 16.1 Å². The van der Waals surface area contributed by atoms with Gasteiger partial charge in [0, 0.05) is 17.9 Å². The van der Waals surface area contributed by atoms with Crippen molar-refractivity contribution in [3.05, 3.63) is 64.1 Å². The van der Waals surface area contributed by atoms with E-state index in [0.717, 1.165) is 10.0 Å². The maximum Gasteiger partial charge on any atom is 0.422 e. The average Bonchev–Trinajstić information content (AvgIpc) is 2.64. The van der Waals surface area contributed by atoms with E-state index in [1.807, 2.05) is 12.1 Å². The Bertz CT molecular complexity index is 842. The van der Waals surface area contributed by atoms with Crippen molar-refractivity contribution in [3.8, 4) is 5.75 Å². The maximum absolute atomic E-state index is 12.3. The van der Waals surface area contributed by atoms with E-state index in [1.165, 1.54) is 19.1 Å². The number of hydrogen-bond donors (Lipinski definition) is 2. The molecule has 0 fully saturated rings. The number of benzene rings is 2. The standard InChI is InChI=1S/C20H20BrF3N2O3/c1-13(27)26-18(15-5-7-16(21)8-6-15)10-19(28)25-11-14-3-2-4-17(9-14)29-12-20(22,23)24/h2-9,18H,10-12H2,1H3,(H,25,28)(H,26,27). The zero-order chi connectivity index (χ0) is 21.4. The Morgan fingerprint density at radius 2 is 1.83 bits per heavy atom. The van der Waals surface area contributed by atoms with E-state index in [4.69, 9.17) is 4.74 Å². The van der Waals surface area contributed by atoms with E-state index in [-0.39, 0.29) is 30.5 Å². The molecule has 0 aliphatic rings. The van der Waals surface area contributed by atoms with Crippen molar-refractivity contribution in [3.63, 3.8) is 0 Å². The highest BCUT2D eigenvalue weighted by Gasteiger charge is 2.28. The van der Waals surface area contributed by atoms with Gasteiger partial charge in [0.15, 0.2) is 6.61 Å². The number of alkyl halides is 3. The van der Waals surface area contributed by atoms with Crippen LogP contribution in [0.3, 0.4) is 0 Å². The molecule has 2 aromatic rings. The molecule has 29 heavy (non-hydrogen) atoms. The van der Waals surface area contributed by atoms with Crippen molar-refractivity contribution < 1.29 is 27.5 Å². The molecule has 0 aliphatic heterocycles. The van der Waals surface area contributed by atoms with Crippen LogP contribution in [0, 0.1) is 0 Å². The van der Waals surface area contributed by atoms with Gasteiger partial charge in [-0.05, 0) is 35.4 Å². The predicted octanol–water partition coefficient (Wildman–Crippen LogP) is 4.27. The van der Waals surface area contributed by atoms with Gasteiger partial charge >= 0.3 is 6.18 Å². The summed E-state index contributed by atoms with van der Waals surface area (Å²) in [5, 5.41) is 5.45. The average molecular weight is 473 g/mol. The molecule has 0 heterocycles. The molecular weight excluding hydrogens is 453 g/mol. The van der Waals surface area contributed by atoms with Crippen molar-refractivity contribution in [2.45, 2.75) is 32.1 Å². The summed E-state index contributed by atoms with van der Waals surface area (Å²) in [5.74, 6) is -0.506. The maximum atomic E-state index is 12.3. The van der Waals surface area contributed by atoms with Gasteiger partial charge in [-0.1, -0.05) is 40.2 Å². The molecule has 0 saturated heterocycles. The minimum Gasteiger partial charge on any atom is -0.484 e. The number of carbonyl (C=O) groups is 2. The largest absolute Gasteiger partial charge is 0.484 e. The molecule has 0 aromatic heterocycles. The highest BCUT2D eigenvalue weighted by Crippen LogP contribution is 2.21. The normalized spacial score (nSPS) is 12.2. The molecule has 9 heteroatoms. The third kappa shape index (κ3) is 8.55. The van der Waals surface area contributed by atoms with E-state index in [9.17, 15) is 22.8 Å². The third-order valence-electron chi connectivity index (χ3n) is 3.83. The molecule has 2 amide bonds. The molecule has 2 rings (SSSR count). The zero-order valence-electron chi connectivity index (χ0n) is 15.6. The highest BCUT2D eigenvalue weighted by atomic mass is 79.9. The second kappa shape index (κ2) is 10.3. The number of ether oxygens (including phenoxy) is 1. The Morgan fingerprint density at radius 3 is 2.45 bits per heavy atom. The summed E-state index contributed by atoms with van der Waals surface area (Å²) < 4.78 is 42.3. The SMILES string of the molecule is CC(=O)NC(CC(=O)NCc1cccc(OCC(F)(F)F)c1)c1ccc(Br)cc1. The zero-order valence-corrected chi connectivity index (χ0v) is 17.1. The van der Waals surface area contributed by atoms with Gasteiger partial charge in [0.25, 0.3) is 0 Å². The number of rotatable bonds is 8. The first-order valence-corrected chi connectivity index (χ1v) is 9.49. The Hall–Kier alpha value is -2.55. The highest BCUT2D eigenvalue weighted by molar-refractivity contribution is 9.10. The summed E-state index contributed by atoms with van der Waals surface area (Å²) in [4.78, 5) is 23.8. The summed E-state index contributed by atoms with van der Waals surface area (Å²) >= 11 is 3.34. The number of nitrogens with one attached hydrogen (secondary N) is 2. The fourth-order valence-corrected chi connectivity index (χ4v) is 2.83. The van der Waals surface area contributed by atoms with Crippen molar-refractivity contribution >= 4 is 27.7 Å². The minimum atomic E-state index is -4.42. The lowest BCUT2D eigenvalue weighted by atomic mass is 10.0. The second-order valence-corrected chi connectivity index (χ2v) is 7.25. The molecule has 0 radical (unpaired) electrons. The Morgan fingerprint density at radius 1 is 1.14 bits per heavy atom. The summed E-state index contributed by atoms with van der Waals surface area (Å²) in [6.45, 7) is 0.111. The Kier molecular flexibility index (Phi) is 8.07. The molecule has 0 aliphatic carbocycles. The first-order valence-electron chi connectivity index (χ1n) is 8.70. The van der Waals surface area contributed by atoms with Crippen LogP contribution in [0.15, 0.2) is 53.0 Å². The van der Waals surface area contributed by atoms with Crippen molar-refractivity contribution in [2.75, 3.05) is 6.61 Å². The molecule has 5 nitrogen and oxygen atoms in total. The van der Waals surface area contributed by atoms with Crippen molar-refractivity contribution in [1.82, 2.24) is 10.6 Å².